The molecule has 0 saturated carbocycles. The van der Waals surface area contributed by atoms with Crippen molar-refractivity contribution in [3.63, 3.8) is 0 Å². The Labute approximate surface area is 131 Å². The molecule has 0 aliphatic rings. The Bertz CT molecular complexity index is 608. The second-order valence-electron chi connectivity index (χ2n) is 4.45. The molecular weight excluding hydrogens is 337 g/mol. The first kappa shape index (κ1) is 15.5. The van der Waals surface area contributed by atoms with Crippen LogP contribution < -0.4 is 10.1 Å². The van der Waals surface area contributed by atoms with E-state index < -0.39 is 11.7 Å². The Morgan fingerprint density at radius 3 is 2.57 bits per heavy atom. The van der Waals surface area contributed by atoms with Crippen molar-refractivity contribution in [2.45, 2.75) is 6.42 Å². The molecule has 2 aromatic carbocycles. The van der Waals surface area contributed by atoms with Crippen LogP contribution in [0.5, 0.6) is 5.75 Å². The summed E-state index contributed by atoms with van der Waals surface area (Å²) in [6, 6.07) is 12.1. The highest BCUT2D eigenvalue weighted by molar-refractivity contribution is 9.10. The Morgan fingerprint density at radius 2 is 1.95 bits per heavy atom. The summed E-state index contributed by atoms with van der Waals surface area (Å²) in [6.07, 6.45) is 0.668. The fraction of sp³-hybridized carbons (Fsp3) is 0.188. The third-order valence-corrected chi connectivity index (χ3v) is 3.71. The van der Waals surface area contributed by atoms with Crippen molar-refractivity contribution < 1.29 is 13.9 Å². The lowest BCUT2D eigenvalue weighted by Gasteiger charge is -2.08. The van der Waals surface area contributed by atoms with Gasteiger partial charge in [-0.15, -0.1) is 0 Å². The van der Waals surface area contributed by atoms with Crippen LogP contribution in [-0.4, -0.2) is 19.6 Å². The van der Waals surface area contributed by atoms with Gasteiger partial charge in [0.25, 0.3) is 5.91 Å². The van der Waals surface area contributed by atoms with E-state index >= 15 is 0 Å². The molecule has 3 nitrogen and oxygen atoms in total. The topological polar surface area (TPSA) is 38.3 Å². The van der Waals surface area contributed by atoms with Crippen LogP contribution >= 0.6 is 15.9 Å². The molecule has 5 heteroatoms. The third-order valence-electron chi connectivity index (χ3n) is 3.05. The van der Waals surface area contributed by atoms with E-state index in [0.29, 0.717) is 17.4 Å². The fourth-order valence-corrected chi connectivity index (χ4v) is 2.44. The Hall–Kier alpha value is -1.88. The van der Waals surface area contributed by atoms with Crippen LogP contribution in [-0.2, 0) is 6.42 Å². The lowest BCUT2D eigenvalue weighted by atomic mass is 10.1. The number of nitrogens with one attached hydrogen (secondary N) is 1. The van der Waals surface area contributed by atoms with Gasteiger partial charge in [0.2, 0.25) is 0 Å². The van der Waals surface area contributed by atoms with E-state index in [4.69, 9.17) is 4.74 Å². The normalized spacial score (nSPS) is 10.2. The molecule has 0 aliphatic heterocycles. The van der Waals surface area contributed by atoms with E-state index in [9.17, 15) is 9.18 Å². The minimum Gasteiger partial charge on any atom is -0.497 e. The van der Waals surface area contributed by atoms with Crippen molar-refractivity contribution in [2.24, 2.45) is 0 Å². The fourth-order valence-electron chi connectivity index (χ4n) is 1.92. The molecule has 110 valence electrons. The summed E-state index contributed by atoms with van der Waals surface area (Å²) in [7, 11) is 1.61. The Kier molecular flexibility index (Phi) is 5.33. The number of hydrogen-bond donors (Lipinski definition) is 1. The van der Waals surface area contributed by atoms with E-state index in [1.807, 2.05) is 24.3 Å². The maximum Gasteiger partial charge on any atom is 0.255 e. The average Bonchev–Trinajstić information content (AvgIpc) is 2.48. The lowest BCUT2D eigenvalue weighted by Crippen LogP contribution is -2.27. The van der Waals surface area contributed by atoms with Crippen LogP contribution in [0.1, 0.15) is 15.9 Å². The SMILES string of the molecule is COc1ccc(CCNC(=O)c2c(F)cccc2Br)cc1. The van der Waals surface area contributed by atoms with Crippen LogP contribution in [0.2, 0.25) is 0 Å². The van der Waals surface area contributed by atoms with Crippen LogP contribution in [0.25, 0.3) is 0 Å². The molecule has 21 heavy (non-hydrogen) atoms. The number of rotatable bonds is 5. The minimum absolute atomic E-state index is 0.0345. The van der Waals surface area contributed by atoms with Crippen molar-refractivity contribution in [3.8, 4) is 5.75 Å². The number of carbonyl (C=O) groups is 1. The van der Waals surface area contributed by atoms with Gasteiger partial charge in [-0.05, 0) is 52.2 Å². The zero-order chi connectivity index (χ0) is 15.2. The van der Waals surface area contributed by atoms with Gasteiger partial charge < -0.3 is 10.1 Å². The first-order chi connectivity index (χ1) is 10.1. The Balaban J connectivity index is 1.92. The maximum absolute atomic E-state index is 13.6. The van der Waals surface area contributed by atoms with E-state index in [0.717, 1.165) is 11.3 Å². The van der Waals surface area contributed by atoms with Crippen molar-refractivity contribution in [1.29, 1.82) is 0 Å². The molecule has 0 saturated heterocycles. The van der Waals surface area contributed by atoms with Gasteiger partial charge in [0.1, 0.15) is 11.6 Å². The summed E-state index contributed by atoms with van der Waals surface area (Å²) < 4.78 is 19.2. The van der Waals surface area contributed by atoms with E-state index in [2.05, 4.69) is 21.2 Å². The van der Waals surface area contributed by atoms with Crippen molar-refractivity contribution in [2.75, 3.05) is 13.7 Å². The number of hydrogen-bond acceptors (Lipinski definition) is 2. The molecular formula is C16H15BrFNO2. The van der Waals surface area contributed by atoms with Gasteiger partial charge in [0.15, 0.2) is 0 Å². The van der Waals surface area contributed by atoms with E-state index in [-0.39, 0.29) is 5.56 Å². The molecule has 0 atom stereocenters. The molecule has 2 rings (SSSR count). The largest absolute Gasteiger partial charge is 0.497 e. The molecule has 0 radical (unpaired) electrons. The zero-order valence-electron chi connectivity index (χ0n) is 11.5. The van der Waals surface area contributed by atoms with Crippen LogP contribution in [0.3, 0.4) is 0 Å². The number of carbonyl (C=O) groups excluding carboxylic acids is 1. The number of benzene rings is 2. The standard InChI is InChI=1S/C16H15BrFNO2/c1-21-12-7-5-11(6-8-12)9-10-19-16(20)15-13(17)3-2-4-14(15)18/h2-8H,9-10H2,1H3,(H,19,20). The number of methoxy groups -OCH3 is 1. The highest BCUT2D eigenvalue weighted by atomic mass is 79.9. The molecule has 0 heterocycles. The van der Waals surface area contributed by atoms with Gasteiger partial charge in [-0.3, -0.25) is 4.79 Å². The average molecular weight is 352 g/mol. The van der Waals surface area contributed by atoms with Gasteiger partial charge in [-0.25, -0.2) is 4.39 Å². The van der Waals surface area contributed by atoms with Crippen molar-refractivity contribution in [1.82, 2.24) is 5.32 Å². The monoisotopic (exact) mass is 351 g/mol. The highest BCUT2D eigenvalue weighted by Crippen LogP contribution is 2.19. The summed E-state index contributed by atoms with van der Waals surface area (Å²) in [6.45, 7) is 0.436. The van der Waals surface area contributed by atoms with Crippen molar-refractivity contribution in [3.05, 3.63) is 63.9 Å². The molecule has 0 aliphatic carbocycles. The highest BCUT2D eigenvalue weighted by Gasteiger charge is 2.14. The van der Waals surface area contributed by atoms with E-state index in [1.165, 1.54) is 6.07 Å². The second-order valence-corrected chi connectivity index (χ2v) is 5.30. The first-order valence-electron chi connectivity index (χ1n) is 6.47. The van der Waals surface area contributed by atoms with Gasteiger partial charge in [-0.2, -0.15) is 0 Å². The smallest absolute Gasteiger partial charge is 0.255 e. The van der Waals surface area contributed by atoms with Crippen LogP contribution in [0, 0.1) is 5.82 Å². The summed E-state index contributed by atoms with van der Waals surface area (Å²) in [5, 5.41) is 2.72. The van der Waals surface area contributed by atoms with Gasteiger partial charge >= 0.3 is 0 Å². The number of amides is 1. The lowest BCUT2D eigenvalue weighted by molar-refractivity contribution is 0.0949. The first-order valence-corrected chi connectivity index (χ1v) is 7.26. The van der Waals surface area contributed by atoms with Gasteiger partial charge in [0.05, 0.1) is 12.7 Å². The summed E-state index contributed by atoms with van der Waals surface area (Å²) in [5.41, 5.74) is 1.11. The van der Waals surface area contributed by atoms with Crippen molar-refractivity contribution >= 4 is 21.8 Å². The molecule has 0 unspecified atom stereocenters. The second kappa shape index (κ2) is 7.22. The number of ether oxygens (including phenoxy) is 1. The summed E-state index contributed by atoms with van der Waals surface area (Å²) in [4.78, 5) is 12.0. The molecule has 0 fully saturated rings. The molecule has 0 bridgehead atoms. The van der Waals surface area contributed by atoms with Crippen LogP contribution in [0.15, 0.2) is 46.9 Å². The quantitative estimate of drug-likeness (QED) is 0.894. The minimum atomic E-state index is -0.536. The van der Waals surface area contributed by atoms with E-state index in [1.54, 1.807) is 19.2 Å². The molecule has 0 aromatic heterocycles. The maximum atomic E-state index is 13.6. The predicted molar refractivity (Wildman–Crippen MR) is 83.1 cm³/mol. The summed E-state index contributed by atoms with van der Waals surface area (Å²) in [5.74, 6) is -0.169. The third kappa shape index (κ3) is 4.04. The molecule has 1 N–H and O–H groups in total. The summed E-state index contributed by atoms with van der Waals surface area (Å²) >= 11 is 3.19. The number of halogens is 2. The molecule has 0 spiro atoms. The Morgan fingerprint density at radius 1 is 1.24 bits per heavy atom. The van der Waals surface area contributed by atoms with Gasteiger partial charge in [0, 0.05) is 11.0 Å². The molecule has 1 amide bonds. The zero-order valence-corrected chi connectivity index (χ0v) is 13.1. The van der Waals surface area contributed by atoms with Crippen LogP contribution in [0.4, 0.5) is 4.39 Å². The predicted octanol–water partition coefficient (Wildman–Crippen LogP) is 3.57. The van der Waals surface area contributed by atoms with Gasteiger partial charge in [-0.1, -0.05) is 18.2 Å². The molecule has 2 aromatic rings.